The van der Waals surface area contributed by atoms with E-state index in [1.54, 1.807) is 6.92 Å². The predicted octanol–water partition coefficient (Wildman–Crippen LogP) is 2.99. The fraction of sp³-hybridized carbons (Fsp3) is 0.500. The number of hydrogen-bond donors (Lipinski definition) is 1. The Morgan fingerprint density at radius 1 is 1.33 bits per heavy atom. The van der Waals surface area contributed by atoms with Crippen LogP contribution in [0.3, 0.4) is 0 Å². The molecule has 0 heterocycles. The summed E-state index contributed by atoms with van der Waals surface area (Å²) in [6.07, 6.45) is -0.302. The van der Waals surface area contributed by atoms with E-state index in [1.165, 1.54) is 0 Å². The normalized spacial score (nSPS) is 22.9. The zero-order valence-corrected chi connectivity index (χ0v) is 9.06. The monoisotopic (exact) mass is 212 g/mol. The van der Waals surface area contributed by atoms with Crippen molar-refractivity contribution in [2.24, 2.45) is 0 Å². The molecule has 15 heavy (non-hydrogen) atoms. The van der Waals surface area contributed by atoms with Crippen molar-refractivity contribution in [3.05, 3.63) is 34.4 Å². The summed E-state index contributed by atoms with van der Waals surface area (Å²) in [5, 5.41) is 9.81. The van der Waals surface area contributed by atoms with Crippen LogP contribution in [0.25, 0.3) is 0 Å². The first-order valence-electron chi connectivity index (χ1n) is 5.01. The lowest BCUT2D eigenvalue weighted by Gasteiger charge is -2.19. The molecule has 1 nitrogen and oxygen atoms in total. The van der Waals surface area contributed by atoms with E-state index in [4.69, 9.17) is 0 Å². The molecule has 0 saturated carbocycles. The summed E-state index contributed by atoms with van der Waals surface area (Å²) >= 11 is 0. The van der Waals surface area contributed by atoms with Gasteiger partial charge in [0.05, 0.1) is 6.10 Å². The van der Waals surface area contributed by atoms with Crippen molar-refractivity contribution in [2.45, 2.75) is 38.7 Å². The number of halogens is 2. The predicted molar refractivity (Wildman–Crippen MR) is 53.7 cm³/mol. The van der Waals surface area contributed by atoms with Crippen LogP contribution in [0.4, 0.5) is 8.78 Å². The molecule has 0 spiro atoms. The van der Waals surface area contributed by atoms with Gasteiger partial charge in [0.2, 0.25) is 0 Å². The van der Waals surface area contributed by atoms with Gasteiger partial charge in [-0.3, -0.25) is 0 Å². The van der Waals surface area contributed by atoms with Gasteiger partial charge < -0.3 is 5.11 Å². The van der Waals surface area contributed by atoms with Gasteiger partial charge in [0.25, 0.3) is 0 Å². The standard InChI is InChI=1S/C12H14F2O/c1-6-7(13)4-8(14)11-10(6)9(15)5-12(11,2)3/h4,9,15H,5H2,1-3H3. The van der Waals surface area contributed by atoms with Gasteiger partial charge >= 0.3 is 0 Å². The van der Waals surface area contributed by atoms with Crippen molar-refractivity contribution in [3.63, 3.8) is 0 Å². The molecule has 1 aliphatic rings. The first kappa shape index (κ1) is 10.6. The minimum atomic E-state index is -0.750. The van der Waals surface area contributed by atoms with Crippen molar-refractivity contribution in [1.29, 1.82) is 0 Å². The molecule has 2 rings (SSSR count). The van der Waals surface area contributed by atoms with Crippen LogP contribution in [0.2, 0.25) is 0 Å². The van der Waals surface area contributed by atoms with Crippen LogP contribution in [-0.4, -0.2) is 5.11 Å². The molecule has 1 atom stereocenters. The maximum absolute atomic E-state index is 13.6. The Balaban J connectivity index is 2.78. The second-order valence-electron chi connectivity index (χ2n) is 4.86. The number of hydrogen-bond acceptors (Lipinski definition) is 1. The summed E-state index contributed by atoms with van der Waals surface area (Å²) in [7, 11) is 0. The fourth-order valence-corrected chi connectivity index (χ4v) is 2.53. The van der Waals surface area contributed by atoms with E-state index in [9.17, 15) is 13.9 Å². The van der Waals surface area contributed by atoms with Gasteiger partial charge in [-0.05, 0) is 35.4 Å². The molecular weight excluding hydrogens is 198 g/mol. The molecule has 0 amide bonds. The topological polar surface area (TPSA) is 20.2 Å². The Bertz CT molecular complexity index is 424. The van der Waals surface area contributed by atoms with Crippen LogP contribution in [0, 0.1) is 18.6 Å². The Morgan fingerprint density at radius 3 is 2.53 bits per heavy atom. The Hall–Kier alpha value is -0.960. The van der Waals surface area contributed by atoms with Crippen LogP contribution in [0.5, 0.6) is 0 Å². The highest BCUT2D eigenvalue weighted by molar-refractivity contribution is 5.46. The second kappa shape index (κ2) is 3.01. The Labute approximate surface area is 87.7 Å². The first-order chi connectivity index (χ1) is 6.84. The van der Waals surface area contributed by atoms with Gasteiger partial charge in [0.15, 0.2) is 0 Å². The zero-order valence-electron chi connectivity index (χ0n) is 9.06. The van der Waals surface area contributed by atoms with E-state index in [2.05, 4.69) is 0 Å². The molecule has 1 aliphatic carbocycles. The van der Waals surface area contributed by atoms with Crippen molar-refractivity contribution < 1.29 is 13.9 Å². The number of aliphatic hydroxyl groups is 1. The average molecular weight is 212 g/mol. The molecule has 1 aromatic rings. The van der Waals surface area contributed by atoms with Crippen LogP contribution in [0.1, 0.15) is 43.1 Å². The largest absolute Gasteiger partial charge is 0.388 e. The molecule has 0 radical (unpaired) electrons. The summed E-state index contributed by atoms with van der Waals surface area (Å²) in [5.74, 6) is -1.13. The van der Waals surface area contributed by atoms with Crippen LogP contribution in [-0.2, 0) is 5.41 Å². The smallest absolute Gasteiger partial charge is 0.130 e. The molecule has 1 N–H and O–H groups in total. The third-order valence-electron chi connectivity index (χ3n) is 3.24. The van der Waals surface area contributed by atoms with Crippen LogP contribution >= 0.6 is 0 Å². The molecule has 0 fully saturated rings. The average Bonchev–Trinajstić information content (AvgIpc) is 2.32. The highest BCUT2D eigenvalue weighted by atomic mass is 19.1. The quantitative estimate of drug-likeness (QED) is 0.701. The van der Waals surface area contributed by atoms with E-state index in [0.717, 1.165) is 6.07 Å². The molecule has 82 valence electrons. The van der Waals surface area contributed by atoms with Crippen molar-refractivity contribution in [3.8, 4) is 0 Å². The second-order valence-corrected chi connectivity index (χ2v) is 4.86. The minimum Gasteiger partial charge on any atom is -0.388 e. The third kappa shape index (κ3) is 1.37. The maximum atomic E-state index is 13.6. The van der Waals surface area contributed by atoms with Crippen molar-refractivity contribution in [1.82, 2.24) is 0 Å². The summed E-state index contributed by atoms with van der Waals surface area (Å²) in [6, 6.07) is 0.911. The van der Waals surface area contributed by atoms with Crippen LogP contribution < -0.4 is 0 Å². The van der Waals surface area contributed by atoms with Gasteiger partial charge in [-0.25, -0.2) is 8.78 Å². The molecule has 0 aromatic heterocycles. The van der Waals surface area contributed by atoms with Gasteiger partial charge in [0, 0.05) is 6.07 Å². The molecule has 0 aliphatic heterocycles. The first-order valence-corrected chi connectivity index (χ1v) is 5.01. The van der Waals surface area contributed by atoms with E-state index in [-0.39, 0.29) is 0 Å². The SMILES string of the molecule is Cc1c(F)cc(F)c2c1C(O)CC2(C)C. The number of benzene rings is 1. The van der Waals surface area contributed by atoms with E-state index >= 15 is 0 Å². The summed E-state index contributed by atoms with van der Waals surface area (Å²) in [5.41, 5.74) is 0.855. The number of rotatable bonds is 0. The molecule has 3 heteroatoms. The summed E-state index contributed by atoms with van der Waals surface area (Å²) in [4.78, 5) is 0. The van der Waals surface area contributed by atoms with Gasteiger partial charge in [-0.1, -0.05) is 13.8 Å². The molecule has 1 unspecified atom stereocenters. The lowest BCUT2D eigenvalue weighted by molar-refractivity contribution is 0.160. The van der Waals surface area contributed by atoms with E-state index in [1.807, 2.05) is 13.8 Å². The molecule has 0 bridgehead atoms. The minimum absolute atomic E-state index is 0.365. The number of fused-ring (bicyclic) bond motifs is 1. The molecule has 1 aromatic carbocycles. The Kier molecular flexibility index (Phi) is 2.12. The summed E-state index contributed by atoms with van der Waals surface area (Å²) < 4.78 is 27.0. The van der Waals surface area contributed by atoms with Crippen molar-refractivity contribution >= 4 is 0 Å². The highest BCUT2D eigenvalue weighted by Gasteiger charge is 2.40. The molecule has 0 saturated heterocycles. The fourth-order valence-electron chi connectivity index (χ4n) is 2.53. The Morgan fingerprint density at radius 2 is 1.93 bits per heavy atom. The lowest BCUT2D eigenvalue weighted by Crippen LogP contribution is -2.14. The van der Waals surface area contributed by atoms with Crippen molar-refractivity contribution in [2.75, 3.05) is 0 Å². The summed E-state index contributed by atoms with van der Waals surface area (Å²) in [6.45, 7) is 5.31. The molecular formula is C12H14F2O. The third-order valence-corrected chi connectivity index (χ3v) is 3.24. The lowest BCUT2D eigenvalue weighted by atomic mass is 9.85. The van der Waals surface area contributed by atoms with Gasteiger partial charge in [-0.15, -0.1) is 0 Å². The van der Waals surface area contributed by atoms with E-state index in [0.29, 0.717) is 23.1 Å². The van der Waals surface area contributed by atoms with Gasteiger partial charge in [-0.2, -0.15) is 0 Å². The zero-order chi connectivity index (χ0) is 11.4. The van der Waals surface area contributed by atoms with Gasteiger partial charge in [0.1, 0.15) is 11.6 Å². The van der Waals surface area contributed by atoms with E-state index < -0.39 is 23.2 Å². The maximum Gasteiger partial charge on any atom is 0.130 e. The highest BCUT2D eigenvalue weighted by Crippen LogP contribution is 2.47. The van der Waals surface area contributed by atoms with Crippen LogP contribution in [0.15, 0.2) is 6.07 Å². The number of aliphatic hydroxyl groups excluding tert-OH is 1.